The smallest absolute Gasteiger partial charge is 0.410 e. The highest BCUT2D eigenvalue weighted by Crippen LogP contribution is 2.27. The summed E-state index contributed by atoms with van der Waals surface area (Å²) in [6, 6.07) is 0. The Morgan fingerprint density at radius 3 is 2.26 bits per heavy atom. The first kappa shape index (κ1) is 16.2. The Hall–Kier alpha value is -0.850. The van der Waals surface area contributed by atoms with E-state index in [2.05, 4.69) is 0 Å². The van der Waals surface area contributed by atoms with Crippen LogP contribution in [0.15, 0.2) is 0 Å². The van der Waals surface area contributed by atoms with Crippen molar-refractivity contribution in [2.75, 3.05) is 33.8 Å². The van der Waals surface area contributed by atoms with Gasteiger partial charge in [-0.25, -0.2) is 9.80 Å². The first-order valence-electron chi connectivity index (χ1n) is 6.66. The number of hydrazine groups is 1. The van der Waals surface area contributed by atoms with Crippen LogP contribution in [0.2, 0.25) is 0 Å². The molecule has 6 nitrogen and oxygen atoms in total. The largest absolute Gasteiger partial charge is 0.444 e. The molecule has 0 spiro atoms. The molecule has 6 heteroatoms. The van der Waals surface area contributed by atoms with Gasteiger partial charge in [0.1, 0.15) is 5.60 Å². The van der Waals surface area contributed by atoms with Crippen LogP contribution in [0.4, 0.5) is 4.79 Å². The van der Waals surface area contributed by atoms with Crippen LogP contribution < -0.4 is 5.84 Å². The Bertz CT molecular complexity index is 305. The predicted octanol–water partition coefficient (Wildman–Crippen LogP) is 1.21. The standard InChI is InChI=1S/C13H27N3O3/c1-12(2,3)19-11(17)16-8-6-13(18-5,7-9-16)10-15(4)14/h6-10,14H2,1-5H3. The molecule has 1 aliphatic rings. The molecular weight excluding hydrogens is 246 g/mol. The molecule has 0 aliphatic carbocycles. The summed E-state index contributed by atoms with van der Waals surface area (Å²) in [4.78, 5) is 13.7. The van der Waals surface area contributed by atoms with E-state index < -0.39 is 5.60 Å². The Morgan fingerprint density at radius 1 is 1.37 bits per heavy atom. The molecule has 1 rings (SSSR count). The molecule has 1 amide bonds. The van der Waals surface area contributed by atoms with Gasteiger partial charge < -0.3 is 14.4 Å². The molecule has 0 atom stereocenters. The van der Waals surface area contributed by atoms with E-state index in [1.165, 1.54) is 0 Å². The van der Waals surface area contributed by atoms with Crippen molar-refractivity contribution in [1.82, 2.24) is 9.91 Å². The van der Waals surface area contributed by atoms with Gasteiger partial charge in [-0.2, -0.15) is 0 Å². The van der Waals surface area contributed by atoms with Crippen LogP contribution >= 0.6 is 0 Å². The van der Waals surface area contributed by atoms with E-state index in [1.807, 2.05) is 27.8 Å². The van der Waals surface area contributed by atoms with E-state index in [1.54, 1.807) is 17.0 Å². The second-order valence-electron chi connectivity index (χ2n) is 6.27. The fraction of sp³-hybridized carbons (Fsp3) is 0.923. The number of carbonyl (C=O) groups excluding carboxylic acids is 1. The van der Waals surface area contributed by atoms with Crippen molar-refractivity contribution in [3.8, 4) is 0 Å². The molecule has 19 heavy (non-hydrogen) atoms. The second kappa shape index (κ2) is 6.07. The first-order valence-corrected chi connectivity index (χ1v) is 6.66. The van der Waals surface area contributed by atoms with Gasteiger partial charge in [0.2, 0.25) is 0 Å². The van der Waals surface area contributed by atoms with E-state index in [-0.39, 0.29) is 11.7 Å². The SMILES string of the molecule is COC1(CN(C)N)CCN(C(=O)OC(C)(C)C)CC1. The van der Waals surface area contributed by atoms with Gasteiger partial charge in [0.25, 0.3) is 0 Å². The summed E-state index contributed by atoms with van der Waals surface area (Å²) in [6.45, 7) is 7.55. The third-order valence-electron chi connectivity index (χ3n) is 3.30. The maximum Gasteiger partial charge on any atom is 0.410 e. The maximum absolute atomic E-state index is 12.0. The molecule has 0 aromatic carbocycles. The van der Waals surface area contributed by atoms with Crippen molar-refractivity contribution >= 4 is 6.09 Å². The van der Waals surface area contributed by atoms with Gasteiger partial charge in [-0.3, -0.25) is 5.84 Å². The van der Waals surface area contributed by atoms with E-state index in [4.69, 9.17) is 15.3 Å². The highest BCUT2D eigenvalue weighted by Gasteiger charge is 2.37. The lowest BCUT2D eigenvalue weighted by atomic mass is 9.91. The van der Waals surface area contributed by atoms with E-state index >= 15 is 0 Å². The number of amides is 1. The van der Waals surface area contributed by atoms with Gasteiger partial charge in [-0.1, -0.05) is 0 Å². The van der Waals surface area contributed by atoms with Crippen molar-refractivity contribution in [1.29, 1.82) is 0 Å². The molecule has 112 valence electrons. The Balaban J connectivity index is 2.54. The molecule has 1 saturated heterocycles. The first-order chi connectivity index (χ1) is 8.67. The zero-order chi connectivity index (χ0) is 14.7. The number of hydrogen-bond acceptors (Lipinski definition) is 5. The fourth-order valence-corrected chi connectivity index (χ4v) is 2.30. The normalized spacial score (nSPS) is 19.6. The van der Waals surface area contributed by atoms with Crippen LogP contribution in [0.1, 0.15) is 33.6 Å². The zero-order valence-electron chi connectivity index (χ0n) is 12.7. The minimum atomic E-state index is -0.454. The van der Waals surface area contributed by atoms with Crippen LogP contribution in [0.5, 0.6) is 0 Å². The lowest BCUT2D eigenvalue weighted by molar-refractivity contribution is -0.0746. The van der Waals surface area contributed by atoms with Crippen molar-refractivity contribution < 1.29 is 14.3 Å². The Kier molecular flexibility index (Phi) is 5.18. The van der Waals surface area contributed by atoms with Gasteiger partial charge in [0.15, 0.2) is 0 Å². The molecule has 0 bridgehead atoms. The molecule has 0 aromatic heterocycles. The molecule has 0 saturated carbocycles. The minimum Gasteiger partial charge on any atom is -0.444 e. The summed E-state index contributed by atoms with van der Waals surface area (Å²) in [5.74, 6) is 5.71. The Morgan fingerprint density at radius 2 is 1.89 bits per heavy atom. The summed E-state index contributed by atoms with van der Waals surface area (Å²) in [6.07, 6.45) is 1.28. The fourth-order valence-electron chi connectivity index (χ4n) is 2.30. The number of hydrogen-bond donors (Lipinski definition) is 1. The van der Waals surface area contributed by atoms with Gasteiger partial charge in [-0.05, 0) is 33.6 Å². The maximum atomic E-state index is 12.0. The van der Waals surface area contributed by atoms with Crippen molar-refractivity contribution in [3.63, 3.8) is 0 Å². The van der Waals surface area contributed by atoms with Gasteiger partial charge >= 0.3 is 6.09 Å². The molecular formula is C13H27N3O3. The lowest BCUT2D eigenvalue weighted by Gasteiger charge is -2.42. The predicted molar refractivity (Wildman–Crippen MR) is 73.6 cm³/mol. The average molecular weight is 273 g/mol. The van der Waals surface area contributed by atoms with Crippen molar-refractivity contribution in [2.45, 2.75) is 44.8 Å². The summed E-state index contributed by atoms with van der Waals surface area (Å²) in [7, 11) is 3.52. The molecule has 2 N–H and O–H groups in total. The number of nitrogens with zero attached hydrogens (tertiary/aromatic N) is 2. The van der Waals surface area contributed by atoms with Crippen LogP contribution in [0.3, 0.4) is 0 Å². The van der Waals surface area contributed by atoms with E-state index in [9.17, 15) is 4.79 Å². The van der Waals surface area contributed by atoms with E-state index in [0.717, 1.165) is 12.8 Å². The molecule has 0 aromatic rings. The summed E-state index contributed by atoms with van der Waals surface area (Å²) >= 11 is 0. The van der Waals surface area contributed by atoms with Crippen LogP contribution in [-0.2, 0) is 9.47 Å². The number of likely N-dealkylation sites (N-methyl/N-ethyl adjacent to an activating group) is 1. The summed E-state index contributed by atoms with van der Waals surface area (Å²) < 4.78 is 11.0. The molecule has 0 radical (unpaired) electrons. The average Bonchev–Trinajstić information content (AvgIpc) is 2.26. The molecule has 1 aliphatic heterocycles. The molecule has 0 unspecified atom stereocenters. The number of likely N-dealkylation sites (tertiary alicyclic amines) is 1. The minimum absolute atomic E-state index is 0.252. The molecule has 1 fully saturated rings. The summed E-state index contributed by atoms with van der Waals surface area (Å²) in [5, 5.41) is 1.63. The van der Waals surface area contributed by atoms with Crippen molar-refractivity contribution in [2.24, 2.45) is 5.84 Å². The highest BCUT2D eigenvalue weighted by atomic mass is 16.6. The number of nitrogens with two attached hydrogens (primary N) is 1. The third kappa shape index (κ3) is 4.97. The Labute approximate surface area is 115 Å². The second-order valence-corrected chi connectivity index (χ2v) is 6.27. The number of ether oxygens (including phenoxy) is 2. The van der Waals surface area contributed by atoms with E-state index in [0.29, 0.717) is 19.6 Å². The number of piperidine rings is 1. The van der Waals surface area contributed by atoms with Crippen LogP contribution in [0.25, 0.3) is 0 Å². The monoisotopic (exact) mass is 273 g/mol. The highest BCUT2D eigenvalue weighted by molar-refractivity contribution is 5.68. The summed E-state index contributed by atoms with van der Waals surface area (Å²) in [5.41, 5.74) is -0.716. The van der Waals surface area contributed by atoms with Crippen molar-refractivity contribution in [3.05, 3.63) is 0 Å². The third-order valence-corrected chi connectivity index (χ3v) is 3.30. The van der Waals surface area contributed by atoms with Crippen LogP contribution in [-0.4, -0.2) is 61.0 Å². The van der Waals surface area contributed by atoms with Crippen LogP contribution in [0, 0.1) is 0 Å². The number of carbonyl (C=O) groups is 1. The van der Waals surface area contributed by atoms with Gasteiger partial charge in [-0.15, -0.1) is 0 Å². The number of rotatable bonds is 3. The quantitative estimate of drug-likeness (QED) is 0.618. The zero-order valence-corrected chi connectivity index (χ0v) is 12.7. The molecule has 1 heterocycles. The topological polar surface area (TPSA) is 68.0 Å². The van der Waals surface area contributed by atoms with Gasteiger partial charge in [0.05, 0.1) is 5.60 Å². The van der Waals surface area contributed by atoms with Gasteiger partial charge in [0, 0.05) is 33.8 Å². The number of methoxy groups -OCH3 is 1. The lowest BCUT2D eigenvalue weighted by Crippen LogP contribution is -2.54.